The van der Waals surface area contributed by atoms with Crippen molar-refractivity contribution in [3.8, 4) is 5.75 Å². The van der Waals surface area contributed by atoms with Crippen molar-refractivity contribution >= 4 is 17.9 Å². The predicted molar refractivity (Wildman–Crippen MR) is 112 cm³/mol. The van der Waals surface area contributed by atoms with Crippen molar-refractivity contribution < 1.29 is 23.9 Å². The average Bonchev–Trinajstić information content (AvgIpc) is 3.09. The third-order valence-corrected chi connectivity index (χ3v) is 6.01. The van der Waals surface area contributed by atoms with Crippen LogP contribution in [0.15, 0.2) is 18.2 Å². The van der Waals surface area contributed by atoms with Gasteiger partial charge in [0, 0.05) is 51.3 Å². The zero-order chi connectivity index (χ0) is 21.8. The van der Waals surface area contributed by atoms with Crippen molar-refractivity contribution in [2.45, 2.75) is 38.9 Å². The van der Waals surface area contributed by atoms with Gasteiger partial charge in [-0.25, -0.2) is 4.79 Å². The van der Waals surface area contributed by atoms with Gasteiger partial charge in [0.25, 0.3) is 0 Å². The van der Waals surface area contributed by atoms with Crippen molar-refractivity contribution in [3.05, 3.63) is 29.3 Å². The molecule has 4 rings (SSSR count). The molecular weight excluding hydrogens is 400 g/mol. The zero-order valence-electron chi connectivity index (χ0n) is 18.0. The standard InChI is InChI=1S/C22H30N4O5/c1-2-30-22(29)25-9-7-24(8-10-25)14-16-3-5-19-17(13-16)15-26(11-12-31-19)21(28)18-4-6-20(27)23-18/h3,5,13,18H,2,4,6-12,14-15H2,1H3,(H,23,27). The Labute approximate surface area is 182 Å². The smallest absolute Gasteiger partial charge is 0.409 e. The summed E-state index contributed by atoms with van der Waals surface area (Å²) in [5.74, 6) is 0.708. The number of piperazine rings is 1. The van der Waals surface area contributed by atoms with Gasteiger partial charge in [-0.15, -0.1) is 0 Å². The van der Waals surface area contributed by atoms with E-state index in [1.54, 1.807) is 9.80 Å². The highest BCUT2D eigenvalue weighted by Gasteiger charge is 2.32. The summed E-state index contributed by atoms with van der Waals surface area (Å²) in [5, 5.41) is 2.77. The number of ether oxygens (including phenoxy) is 2. The van der Waals surface area contributed by atoms with Crippen LogP contribution in [0.25, 0.3) is 0 Å². The molecule has 0 aliphatic carbocycles. The number of hydrogen-bond donors (Lipinski definition) is 1. The Morgan fingerprint density at radius 3 is 2.68 bits per heavy atom. The molecule has 0 saturated carbocycles. The minimum atomic E-state index is -0.423. The Kier molecular flexibility index (Phi) is 6.60. The van der Waals surface area contributed by atoms with E-state index in [1.807, 2.05) is 13.0 Å². The van der Waals surface area contributed by atoms with E-state index in [1.165, 1.54) is 0 Å². The number of nitrogens with one attached hydrogen (secondary N) is 1. The van der Waals surface area contributed by atoms with E-state index >= 15 is 0 Å². The molecule has 2 fully saturated rings. The van der Waals surface area contributed by atoms with E-state index in [-0.39, 0.29) is 17.9 Å². The Hall–Kier alpha value is -2.81. The molecule has 0 spiro atoms. The first-order chi connectivity index (χ1) is 15.0. The monoisotopic (exact) mass is 430 g/mol. The summed E-state index contributed by atoms with van der Waals surface area (Å²) < 4.78 is 10.9. The summed E-state index contributed by atoms with van der Waals surface area (Å²) in [6, 6.07) is 5.72. The topological polar surface area (TPSA) is 91.4 Å². The van der Waals surface area contributed by atoms with Gasteiger partial charge >= 0.3 is 6.09 Å². The maximum Gasteiger partial charge on any atom is 0.409 e. The quantitative estimate of drug-likeness (QED) is 0.765. The second-order valence-electron chi connectivity index (χ2n) is 8.17. The highest BCUT2D eigenvalue weighted by molar-refractivity contribution is 5.90. The van der Waals surface area contributed by atoms with E-state index in [9.17, 15) is 14.4 Å². The van der Waals surface area contributed by atoms with Crippen LogP contribution >= 0.6 is 0 Å². The Bertz CT molecular complexity index is 837. The number of amides is 3. The number of carbonyl (C=O) groups is 3. The summed E-state index contributed by atoms with van der Waals surface area (Å²) in [7, 11) is 0. The van der Waals surface area contributed by atoms with Gasteiger partial charge in [-0.3, -0.25) is 14.5 Å². The highest BCUT2D eigenvalue weighted by atomic mass is 16.6. The lowest BCUT2D eigenvalue weighted by atomic mass is 10.1. The summed E-state index contributed by atoms with van der Waals surface area (Å²) >= 11 is 0. The molecule has 9 nitrogen and oxygen atoms in total. The average molecular weight is 431 g/mol. The number of rotatable bonds is 4. The molecule has 2 saturated heterocycles. The lowest BCUT2D eigenvalue weighted by Crippen LogP contribution is -2.48. The van der Waals surface area contributed by atoms with Gasteiger partial charge in [0.1, 0.15) is 18.4 Å². The van der Waals surface area contributed by atoms with Crippen LogP contribution in [0, 0.1) is 0 Å². The molecule has 168 valence electrons. The number of fused-ring (bicyclic) bond motifs is 1. The molecule has 0 bridgehead atoms. The molecule has 3 aliphatic heterocycles. The lowest BCUT2D eigenvalue weighted by Gasteiger charge is -2.34. The van der Waals surface area contributed by atoms with Gasteiger partial charge in [-0.1, -0.05) is 6.07 Å². The molecule has 1 atom stereocenters. The third kappa shape index (κ3) is 5.10. The summed E-state index contributed by atoms with van der Waals surface area (Å²) in [4.78, 5) is 42.0. The normalized spacial score (nSPS) is 21.7. The van der Waals surface area contributed by atoms with Crippen molar-refractivity contribution in [1.29, 1.82) is 0 Å². The van der Waals surface area contributed by atoms with Gasteiger partial charge in [0.2, 0.25) is 11.8 Å². The van der Waals surface area contributed by atoms with Gasteiger partial charge in [-0.05, 0) is 31.0 Å². The minimum Gasteiger partial charge on any atom is -0.491 e. The minimum absolute atomic E-state index is 0.0391. The van der Waals surface area contributed by atoms with Crippen LogP contribution in [0.1, 0.15) is 30.9 Å². The van der Waals surface area contributed by atoms with E-state index in [0.29, 0.717) is 52.2 Å². The highest BCUT2D eigenvalue weighted by Crippen LogP contribution is 2.26. The molecule has 9 heteroatoms. The van der Waals surface area contributed by atoms with Crippen LogP contribution in [0.2, 0.25) is 0 Å². The summed E-state index contributed by atoms with van der Waals surface area (Å²) in [6.45, 7) is 7.29. The molecule has 1 unspecified atom stereocenters. The molecule has 0 aromatic heterocycles. The fourth-order valence-corrected chi connectivity index (χ4v) is 4.32. The predicted octanol–water partition coefficient (Wildman–Crippen LogP) is 0.960. The first kappa shape index (κ1) is 21.4. The Balaban J connectivity index is 1.37. The van der Waals surface area contributed by atoms with Crippen LogP contribution in [-0.4, -0.2) is 84.6 Å². The van der Waals surface area contributed by atoms with Crippen LogP contribution in [0.5, 0.6) is 5.75 Å². The van der Waals surface area contributed by atoms with Crippen LogP contribution < -0.4 is 10.1 Å². The largest absolute Gasteiger partial charge is 0.491 e. The van der Waals surface area contributed by atoms with Gasteiger partial charge < -0.3 is 24.6 Å². The van der Waals surface area contributed by atoms with Crippen molar-refractivity contribution in [2.24, 2.45) is 0 Å². The maximum atomic E-state index is 12.8. The number of carbonyl (C=O) groups excluding carboxylic acids is 3. The number of benzene rings is 1. The first-order valence-electron chi connectivity index (χ1n) is 11.0. The van der Waals surface area contributed by atoms with E-state index in [4.69, 9.17) is 9.47 Å². The van der Waals surface area contributed by atoms with Crippen LogP contribution in [-0.2, 0) is 27.4 Å². The summed E-state index contributed by atoms with van der Waals surface area (Å²) in [6.07, 6.45) is 0.720. The maximum absolute atomic E-state index is 12.8. The SMILES string of the molecule is CCOC(=O)N1CCN(Cc2ccc3c(c2)CN(C(=O)C2CCC(=O)N2)CCO3)CC1. The second-order valence-corrected chi connectivity index (χ2v) is 8.17. The second kappa shape index (κ2) is 9.55. The molecule has 1 aromatic rings. The van der Waals surface area contributed by atoms with Crippen molar-refractivity contribution in [3.63, 3.8) is 0 Å². The molecule has 3 heterocycles. The van der Waals surface area contributed by atoms with Crippen LogP contribution in [0.3, 0.4) is 0 Å². The molecule has 31 heavy (non-hydrogen) atoms. The zero-order valence-corrected chi connectivity index (χ0v) is 18.0. The van der Waals surface area contributed by atoms with E-state index < -0.39 is 6.04 Å². The van der Waals surface area contributed by atoms with E-state index in [0.717, 1.165) is 36.5 Å². The van der Waals surface area contributed by atoms with Gasteiger partial charge in [0.05, 0.1) is 13.2 Å². The molecule has 3 amide bonds. The number of nitrogens with zero attached hydrogens (tertiary/aromatic N) is 3. The van der Waals surface area contributed by atoms with Gasteiger partial charge in [0.15, 0.2) is 0 Å². The fraction of sp³-hybridized carbons (Fsp3) is 0.591. The fourth-order valence-electron chi connectivity index (χ4n) is 4.32. The van der Waals surface area contributed by atoms with Crippen molar-refractivity contribution in [1.82, 2.24) is 20.0 Å². The van der Waals surface area contributed by atoms with E-state index in [2.05, 4.69) is 22.3 Å². The summed E-state index contributed by atoms with van der Waals surface area (Å²) in [5.41, 5.74) is 2.13. The molecule has 1 N–H and O–H groups in total. The first-order valence-corrected chi connectivity index (χ1v) is 11.0. The lowest BCUT2D eigenvalue weighted by molar-refractivity contribution is -0.135. The Morgan fingerprint density at radius 1 is 1.16 bits per heavy atom. The molecular formula is C22H30N4O5. The molecule has 1 aromatic carbocycles. The van der Waals surface area contributed by atoms with Crippen LogP contribution in [0.4, 0.5) is 4.79 Å². The van der Waals surface area contributed by atoms with Crippen molar-refractivity contribution in [2.75, 3.05) is 45.9 Å². The molecule has 3 aliphatic rings. The third-order valence-electron chi connectivity index (χ3n) is 6.01. The molecule has 0 radical (unpaired) electrons. The van der Waals surface area contributed by atoms with Gasteiger partial charge in [-0.2, -0.15) is 0 Å². The number of hydrogen-bond acceptors (Lipinski definition) is 6. The Morgan fingerprint density at radius 2 is 1.97 bits per heavy atom.